The predicted octanol–water partition coefficient (Wildman–Crippen LogP) is 4.54. The highest BCUT2D eigenvalue weighted by molar-refractivity contribution is 7.80. The summed E-state index contributed by atoms with van der Waals surface area (Å²) in [6.07, 6.45) is 5.34. The van der Waals surface area contributed by atoms with Crippen molar-refractivity contribution in [2.45, 2.75) is 26.6 Å². The number of aryl methyl sites for hydroxylation is 1. The molecular formula is C24H22ClFN4O3S. The minimum atomic E-state index is -0.514. The van der Waals surface area contributed by atoms with E-state index in [0.717, 1.165) is 23.2 Å². The molecule has 2 aromatic carbocycles. The van der Waals surface area contributed by atoms with Gasteiger partial charge in [-0.2, -0.15) is 5.10 Å². The molecule has 0 bridgehead atoms. The Labute approximate surface area is 206 Å². The van der Waals surface area contributed by atoms with Crippen molar-refractivity contribution in [2.75, 3.05) is 7.11 Å². The lowest BCUT2D eigenvalue weighted by atomic mass is 10.1. The summed E-state index contributed by atoms with van der Waals surface area (Å²) in [6.45, 7) is 3.24. The van der Waals surface area contributed by atoms with Crippen molar-refractivity contribution < 1.29 is 18.7 Å². The molecule has 3 aromatic rings. The molecule has 2 heterocycles. The van der Waals surface area contributed by atoms with Crippen LogP contribution in [-0.4, -0.2) is 32.8 Å². The highest BCUT2D eigenvalue weighted by Gasteiger charge is 2.31. The summed E-state index contributed by atoms with van der Waals surface area (Å²) in [5, 5.41) is 7.55. The van der Waals surface area contributed by atoms with E-state index in [0.29, 0.717) is 28.9 Å². The Hall–Kier alpha value is -3.43. The number of hydrogen-bond acceptors (Lipinski definition) is 5. The van der Waals surface area contributed by atoms with Gasteiger partial charge in [-0.05, 0) is 55.0 Å². The smallest absolute Gasteiger partial charge is 0.276 e. The molecule has 1 aliphatic heterocycles. The van der Waals surface area contributed by atoms with E-state index in [4.69, 9.17) is 33.3 Å². The fourth-order valence-electron chi connectivity index (χ4n) is 3.45. The van der Waals surface area contributed by atoms with E-state index in [2.05, 4.69) is 10.4 Å². The molecule has 1 aliphatic rings. The first-order chi connectivity index (χ1) is 16.4. The predicted molar refractivity (Wildman–Crippen MR) is 131 cm³/mol. The molecule has 34 heavy (non-hydrogen) atoms. The normalized spacial score (nSPS) is 14.6. The zero-order chi connectivity index (χ0) is 24.2. The largest absolute Gasteiger partial charge is 0.496 e. The summed E-state index contributed by atoms with van der Waals surface area (Å²) in [6, 6.07) is 9.63. The summed E-state index contributed by atoms with van der Waals surface area (Å²) in [4.78, 5) is 14.5. The van der Waals surface area contributed by atoms with E-state index >= 15 is 0 Å². The Bertz CT molecular complexity index is 1280. The topological polar surface area (TPSA) is 68.6 Å². The Balaban J connectivity index is 1.51. The second-order valence-electron chi connectivity index (χ2n) is 7.52. The van der Waals surface area contributed by atoms with Crippen LogP contribution in [0.2, 0.25) is 5.02 Å². The van der Waals surface area contributed by atoms with Gasteiger partial charge < -0.3 is 14.8 Å². The van der Waals surface area contributed by atoms with E-state index in [9.17, 15) is 9.18 Å². The highest BCUT2D eigenvalue weighted by atomic mass is 35.5. The van der Waals surface area contributed by atoms with Crippen LogP contribution in [0.15, 0.2) is 54.5 Å². The maximum atomic E-state index is 13.4. The third-order valence-corrected chi connectivity index (χ3v) is 5.83. The molecule has 1 aromatic heterocycles. The second kappa shape index (κ2) is 10.2. The lowest BCUT2D eigenvalue weighted by Gasteiger charge is -2.12. The second-order valence-corrected chi connectivity index (χ2v) is 8.31. The van der Waals surface area contributed by atoms with Crippen LogP contribution in [0.5, 0.6) is 11.5 Å². The van der Waals surface area contributed by atoms with Crippen LogP contribution in [0.3, 0.4) is 0 Å². The Morgan fingerprint density at radius 1 is 1.26 bits per heavy atom. The number of carbonyl (C=O) groups excluding carboxylic acids is 1. The van der Waals surface area contributed by atoms with Crippen LogP contribution < -0.4 is 14.8 Å². The van der Waals surface area contributed by atoms with Crippen molar-refractivity contribution in [1.82, 2.24) is 20.0 Å². The van der Waals surface area contributed by atoms with Crippen molar-refractivity contribution in [2.24, 2.45) is 0 Å². The van der Waals surface area contributed by atoms with E-state index in [1.54, 1.807) is 30.1 Å². The number of carbonyl (C=O) groups is 1. The summed E-state index contributed by atoms with van der Waals surface area (Å²) >= 11 is 11.2. The highest BCUT2D eigenvalue weighted by Crippen LogP contribution is 2.26. The maximum absolute atomic E-state index is 13.4. The quantitative estimate of drug-likeness (QED) is 0.362. The Morgan fingerprint density at radius 2 is 2.09 bits per heavy atom. The maximum Gasteiger partial charge on any atom is 0.276 e. The fraction of sp³-hybridized carbons (Fsp3) is 0.208. The molecule has 7 nitrogen and oxygen atoms in total. The first-order valence-corrected chi connectivity index (χ1v) is 11.3. The number of rotatable bonds is 8. The van der Waals surface area contributed by atoms with Gasteiger partial charge in [0, 0.05) is 29.9 Å². The molecule has 1 amide bonds. The van der Waals surface area contributed by atoms with Gasteiger partial charge in [-0.3, -0.25) is 14.4 Å². The molecule has 0 radical (unpaired) electrons. The number of benzene rings is 2. The van der Waals surface area contributed by atoms with Gasteiger partial charge in [-0.15, -0.1) is 0 Å². The molecule has 4 rings (SSSR count). The summed E-state index contributed by atoms with van der Waals surface area (Å²) in [5.41, 5.74) is 2.77. The van der Waals surface area contributed by atoms with Crippen LogP contribution in [0.4, 0.5) is 4.39 Å². The van der Waals surface area contributed by atoms with E-state index in [1.807, 2.05) is 25.3 Å². The summed E-state index contributed by atoms with van der Waals surface area (Å²) < 4.78 is 26.4. The van der Waals surface area contributed by atoms with Crippen LogP contribution in [-0.2, 0) is 24.5 Å². The first kappa shape index (κ1) is 23.7. The lowest BCUT2D eigenvalue weighted by molar-refractivity contribution is -0.122. The average molecular weight is 501 g/mol. The first-order valence-electron chi connectivity index (χ1n) is 10.5. The molecule has 0 aliphatic carbocycles. The zero-order valence-corrected chi connectivity index (χ0v) is 20.1. The van der Waals surface area contributed by atoms with Gasteiger partial charge in [0.05, 0.1) is 24.9 Å². The molecule has 1 saturated heterocycles. The number of nitrogens with zero attached hydrogens (tertiary/aromatic N) is 3. The van der Waals surface area contributed by atoms with Crippen LogP contribution in [0.25, 0.3) is 6.08 Å². The minimum Gasteiger partial charge on any atom is -0.496 e. The standard InChI is InChI=1S/C24H22ClFN4O3S/c1-3-29-12-16(11-27-29)13-30-23(31)21(28-24(30)34)9-15-4-7-22(32-2)17(8-15)14-33-18-5-6-20(26)19(25)10-18/h4-12H,3,13-14H2,1-2H3,(H,28,34)/b21-9+. The molecule has 176 valence electrons. The van der Waals surface area contributed by atoms with Gasteiger partial charge in [-0.25, -0.2) is 4.39 Å². The van der Waals surface area contributed by atoms with Gasteiger partial charge in [0.1, 0.15) is 29.6 Å². The van der Waals surface area contributed by atoms with Crippen molar-refractivity contribution >= 4 is 40.9 Å². The summed E-state index contributed by atoms with van der Waals surface area (Å²) in [7, 11) is 1.56. The van der Waals surface area contributed by atoms with Crippen molar-refractivity contribution in [3.05, 3.63) is 82.0 Å². The Morgan fingerprint density at radius 3 is 2.79 bits per heavy atom. The zero-order valence-electron chi connectivity index (χ0n) is 18.5. The van der Waals surface area contributed by atoms with E-state index < -0.39 is 5.82 Å². The molecule has 1 N–H and O–H groups in total. The fourth-order valence-corrected chi connectivity index (χ4v) is 3.88. The van der Waals surface area contributed by atoms with Gasteiger partial charge in [0.25, 0.3) is 5.91 Å². The number of halogens is 2. The molecule has 10 heteroatoms. The third kappa shape index (κ3) is 5.21. The molecule has 0 saturated carbocycles. The molecule has 1 fully saturated rings. The lowest BCUT2D eigenvalue weighted by Crippen LogP contribution is -2.29. The number of thiocarbonyl (C=S) groups is 1. The van der Waals surface area contributed by atoms with Crippen molar-refractivity contribution in [1.29, 1.82) is 0 Å². The monoisotopic (exact) mass is 500 g/mol. The van der Waals surface area contributed by atoms with Crippen molar-refractivity contribution in [3.63, 3.8) is 0 Å². The Kier molecular flexibility index (Phi) is 7.14. The number of hydrogen-bond donors (Lipinski definition) is 1. The van der Waals surface area contributed by atoms with E-state index in [-0.39, 0.29) is 17.5 Å². The number of methoxy groups -OCH3 is 1. The minimum absolute atomic E-state index is 0.0173. The number of nitrogens with one attached hydrogen (secondary N) is 1. The van der Waals surface area contributed by atoms with Gasteiger partial charge in [-0.1, -0.05) is 17.7 Å². The molecule has 0 unspecified atom stereocenters. The third-order valence-electron chi connectivity index (χ3n) is 5.21. The van der Waals surface area contributed by atoms with Crippen LogP contribution in [0.1, 0.15) is 23.6 Å². The van der Waals surface area contributed by atoms with Gasteiger partial charge in [0.15, 0.2) is 5.11 Å². The summed E-state index contributed by atoms with van der Waals surface area (Å²) in [5.74, 6) is 0.312. The molecule has 0 spiro atoms. The van der Waals surface area contributed by atoms with Gasteiger partial charge >= 0.3 is 0 Å². The number of ether oxygens (including phenoxy) is 2. The van der Waals surface area contributed by atoms with Crippen LogP contribution >= 0.6 is 23.8 Å². The van der Waals surface area contributed by atoms with Crippen molar-refractivity contribution in [3.8, 4) is 11.5 Å². The average Bonchev–Trinajstić information content (AvgIpc) is 3.40. The molecular weight excluding hydrogens is 479 g/mol. The van der Waals surface area contributed by atoms with Crippen LogP contribution in [0, 0.1) is 5.82 Å². The van der Waals surface area contributed by atoms with Gasteiger partial charge in [0.2, 0.25) is 0 Å². The van der Waals surface area contributed by atoms with E-state index in [1.165, 1.54) is 23.1 Å². The number of aromatic nitrogens is 2. The SMILES string of the molecule is CCn1cc(CN2C(=O)/C(=C\c3ccc(OC)c(COc4ccc(F)c(Cl)c4)c3)NC2=S)cn1. The number of amides is 1. The molecule has 0 atom stereocenters.